The van der Waals surface area contributed by atoms with Gasteiger partial charge in [-0.15, -0.1) is 0 Å². The van der Waals surface area contributed by atoms with Crippen LogP contribution in [0.4, 0.5) is 4.79 Å². The van der Waals surface area contributed by atoms with E-state index in [-0.39, 0.29) is 15.7 Å². The van der Waals surface area contributed by atoms with Crippen molar-refractivity contribution < 1.29 is 18.3 Å². The summed E-state index contributed by atoms with van der Waals surface area (Å²) in [5.74, 6) is 0.211. The Morgan fingerprint density at radius 1 is 1.00 bits per heavy atom. The molecule has 1 N–H and O–H groups in total. The standard InChI is InChI=1S/C21H20N2O4S/c24-21(25)23-11-9-15(10-12-23)19-8-4-5-16-13-18(14-22-20(16)19)28(26,27)17-6-2-1-3-7-17/h1-8,13-15H,9-12H2,(H,24,25). The van der Waals surface area contributed by atoms with E-state index >= 15 is 0 Å². The molecule has 0 aliphatic carbocycles. The Kier molecular flexibility index (Phi) is 4.77. The lowest BCUT2D eigenvalue weighted by atomic mass is 9.88. The molecule has 2 aromatic carbocycles. The van der Waals surface area contributed by atoms with Crippen molar-refractivity contribution in [2.75, 3.05) is 13.1 Å². The van der Waals surface area contributed by atoms with Crippen LogP contribution in [0.3, 0.4) is 0 Å². The van der Waals surface area contributed by atoms with Gasteiger partial charge in [0, 0.05) is 24.7 Å². The van der Waals surface area contributed by atoms with Crippen molar-refractivity contribution >= 4 is 26.8 Å². The average Bonchev–Trinajstić information content (AvgIpc) is 2.73. The molecule has 144 valence electrons. The first kappa shape index (κ1) is 18.4. The second-order valence-corrected chi connectivity index (χ2v) is 8.90. The molecule has 1 amide bonds. The van der Waals surface area contributed by atoms with Crippen LogP contribution in [0.1, 0.15) is 24.3 Å². The van der Waals surface area contributed by atoms with E-state index in [2.05, 4.69) is 4.98 Å². The van der Waals surface area contributed by atoms with Crippen LogP contribution >= 0.6 is 0 Å². The summed E-state index contributed by atoms with van der Waals surface area (Å²) in [5, 5.41) is 9.90. The molecule has 1 fully saturated rings. The number of carbonyl (C=O) groups is 1. The van der Waals surface area contributed by atoms with Gasteiger partial charge in [-0.05, 0) is 42.5 Å². The minimum Gasteiger partial charge on any atom is -0.465 e. The van der Waals surface area contributed by atoms with Gasteiger partial charge in [-0.25, -0.2) is 13.2 Å². The maximum Gasteiger partial charge on any atom is 0.407 e. The maximum absolute atomic E-state index is 12.9. The first-order chi connectivity index (χ1) is 13.5. The lowest BCUT2D eigenvalue weighted by Crippen LogP contribution is -2.36. The highest BCUT2D eigenvalue weighted by atomic mass is 32.2. The number of para-hydroxylation sites is 1. The van der Waals surface area contributed by atoms with E-state index in [1.807, 2.05) is 18.2 Å². The molecule has 1 aromatic heterocycles. The van der Waals surface area contributed by atoms with Crippen LogP contribution in [0.5, 0.6) is 0 Å². The number of piperidine rings is 1. The quantitative estimate of drug-likeness (QED) is 0.725. The highest BCUT2D eigenvalue weighted by molar-refractivity contribution is 7.91. The molecule has 0 atom stereocenters. The molecule has 4 rings (SSSR count). The lowest BCUT2D eigenvalue weighted by molar-refractivity contribution is 0.132. The molecule has 1 aliphatic heterocycles. The van der Waals surface area contributed by atoms with Crippen LogP contribution in [0, 0.1) is 0 Å². The number of hydrogen-bond donors (Lipinski definition) is 1. The Morgan fingerprint density at radius 2 is 1.71 bits per heavy atom. The van der Waals surface area contributed by atoms with E-state index in [0.29, 0.717) is 13.1 Å². The highest BCUT2D eigenvalue weighted by Gasteiger charge is 2.25. The molecule has 0 unspecified atom stereocenters. The second kappa shape index (κ2) is 7.24. The zero-order chi connectivity index (χ0) is 19.7. The minimum absolute atomic E-state index is 0.170. The van der Waals surface area contributed by atoms with Crippen LogP contribution in [-0.2, 0) is 9.84 Å². The number of rotatable bonds is 3. The molecular formula is C21H20N2O4S. The van der Waals surface area contributed by atoms with E-state index in [4.69, 9.17) is 5.11 Å². The molecule has 6 nitrogen and oxygen atoms in total. The van der Waals surface area contributed by atoms with Gasteiger partial charge in [0.15, 0.2) is 0 Å². The van der Waals surface area contributed by atoms with Gasteiger partial charge in [0.25, 0.3) is 0 Å². The van der Waals surface area contributed by atoms with Gasteiger partial charge in [0.1, 0.15) is 0 Å². The monoisotopic (exact) mass is 396 g/mol. The molecule has 28 heavy (non-hydrogen) atoms. The summed E-state index contributed by atoms with van der Waals surface area (Å²) in [6.07, 6.45) is 2.00. The number of sulfone groups is 1. The van der Waals surface area contributed by atoms with Crippen molar-refractivity contribution in [1.29, 1.82) is 0 Å². The van der Waals surface area contributed by atoms with Crippen molar-refractivity contribution in [3.63, 3.8) is 0 Å². The first-order valence-electron chi connectivity index (χ1n) is 9.13. The molecule has 1 saturated heterocycles. The minimum atomic E-state index is -3.62. The lowest BCUT2D eigenvalue weighted by Gasteiger charge is -2.30. The fourth-order valence-electron chi connectivity index (χ4n) is 3.76. The zero-order valence-electron chi connectivity index (χ0n) is 15.2. The molecule has 0 radical (unpaired) electrons. The van der Waals surface area contributed by atoms with E-state index < -0.39 is 15.9 Å². The summed E-state index contributed by atoms with van der Waals surface area (Å²) in [5.41, 5.74) is 1.83. The van der Waals surface area contributed by atoms with Crippen molar-refractivity contribution in [3.05, 3.63) is 66.4 Å². The fourth-order valence-corrected chi connectivity index (χ4v) is 5.02. The number of aromatic nitrogens is 1. The molecule has 3 aromatic rings. The molecule has 0 saturated carbocycles. The van der Waals surface area contributed by atoms with Crippen molar-refractivity contribution in [1.82, 2.24) is 9.88 Å². The van der Waals surface area contributed by atoms with Gasteiger partial charge in [-0.2, -0.15) is 0 Å². The van der Waals surface area contributed by atoms with Crippen molar-refractivity contribution in [2.24, 2.45) is 0 Å². The number of hydrogen-bond acceptors (Lipinski definition) is 4. The van der Waals surface area contributed by atoms with E-state index in [0.717, 1.165) is 29.3 Å². The van der Waals surface area contributed by atoms with Gasteiger partial charge in [-0.3, -0.25) is 4.98 Å². The number of carboxylic acid groups (broad SMARTS) is 1. The van der Waals surface area contributed by atoms with E-state index in [9.17, 15) is 13.2 Å². The fraction of sp³-hybridized carbons (Fsp3) is 0.238. The Labute approximate surface area is 163 Å². The first-order valence-corrected chi connectivity index (χ1v) is 10.6. The number of nitrogens with zero attached hydrogens (tertiary/aromatic N) is 2. The van der Waals surface area contributed by atoms with E-state index in [1.165, 1.54) is 11.1 Å². The Balaban J connectivity index is 1.69. The molecule has 7 heteroatoms. The molecule has 0 bridgehead atoms. The van der Waals surface area contributed by atoms with Crippen LogP contribution in [0.25, 0.3) is 10.9 Å². The normalized spacial score (nSPS) is 15.6. The third-order valence-electron chi connectivity index (χ3n) is 5.29. The summed E-state index contributed by atoms with van der Waals surface area (Å²) < 4.78 is 25.7. The summed E-state index contributed by atoms with van der Waals surface area (Å²) in [6, 6.07) is 15.8. The van der Waals surface area contributed by atoms with Crippen molar-refractivity contribution in [3.8, 4) is 0 Å². The molecule has 0 spiro atoms. The average molecular weight is 396 g/mol. The SMILES string of the molecule is O=C(O)N1CCC(c2cccc3cc(S(=O)(=O)c4ccccc4)cnc23)CC1. The Morgan fingerprint density at radius 3 is 2.39 bits per heavy atom. The Bertz CT molecular complexity index is 1120. The third kappa shape index (κ3) is 3.33. The van der Waals surface area contributed by atoms with Gasteiger partial charge in [0.2, 0.25) is 9.84 Å². The number of fused-ring (bicyclic) bond motifs is 1. The van der Waals surface area contributed by atoms with Gasteiger partial charge in [0.05, 0.1) is 15.3 Å². The summed E-state index contributed by atoms with van der Waals surface area (Å²) in [7, 11) is -3.62. The number of likely N-dealkylation sites (tertiary alicyclic amines) is 1. The largest absolute Gasteiger partial charge is 0.465 e. The van der Waals surface area contributed by atoms with Crippen molar-refractivity contribution in [2.45, 2.75) is 28.6 Å². The number of pyridine rings is 1. The van der Waals surface area contributed by atoms with Gasteiger partial charge in [-0.1, -0.05) is 36.4 Å². The van der Waals surface area contributed by atoms with Crippen LogP contribution in [0.15, 0.2) is 70.6 Å². The maximum atomic E-state index is 12.9. The van der Waals surface area contributed by atoms with Gasteiger partial charge < -0.3 is 10.0 Å². The summed E-state index contributed by atoms with van der Waals surface area (Å²) in [6.45, 7) is 0.994. The zero-order valence-corrected chi connectivity index (χ0v) is 16.0. The third-order valence-corrected chi connectivity index (χ3v) is 7.02. The second-order valence-electron chi connectivity index (χ2n) is 6.95. The molecule has 2 heterocycles. The van der Waals surface area contributed by atoms with Crippen LogP contribution < -0.4 is 0 Å². The number of benzene rings is 2. The number of amides is 1. The topological polar surface area (TPSA) is 87.6 Å². The predicted octanol–water partition coefficient (Wildman–Crippen LogP) is 3.93. The van der Waals surface area contributed by atoms with Crippen LogP contribution in [0.2, 0.25) is 0 Å². The smallest absolute Gasteiger partial charge is 0.407 e. The summed E-state index contributed by atoms with van der Waals surface area (Å²) >= 11 is 0. The van der Waals surface area contributed by atoms with Crippen LogP contribution in [-0.4, -0.2) is 42.6 Å². The molecular weight excluding hydrogens is 376 g/mol. The molecule has 1 aliphatic rings. The van der Waals surface area contributed by atoms with Gasteiger partial charge >= 0.3 is 6.09 Å². The summed E-state index contributed by atoms with van der Waals surface area (Å²) in [4.78, 5) is 17.5. The predicted molar refractivity (Wildman–Crippen MR) is 105 cm³/mol. The highest BCUT2D eigenvalue weighted by Crippen LogP contribution is 2.33. The van der Waals surface area contributed by atoms with E-state index in [1.54, 1.807) is 36.4 Å². The Hall–Kier alpha value is -2.93.